The van der Waals surface area contributed by atoms with Gasteiger partial charge in [-0.2, -0.15) is 0 Å². The molecular formula is C12H18ClNO2. The molecule has 0 fully saturated rings. The van der Waals surface area contributed by atoms with Crippen LogP contribution in [0, 0.1) is 0 Å². The number of aliphatic hydroxyl groups is 1. The van der Waals surface area contributed by atoms with Gasteiger partial charge in [-0.05, 0) is 31.5 Å². The Bertz CT molecular complexity index is 333. The van der Waals surface area contributed by atoms with Crippen LogP contribution in [0.25, 0.3) is 0 Å². The molecule has 1 rings (SSSR count). The van der Waals surface area contributed by atoms with Crippen LogP contribution in [-0.2, 0) is 4.74 Å². The van der Waals surface area contributed by atoms with Crippen LogP contribution < -0.4 is 5.32 Å². The van der Waals surface area contributed by atoms with Crippen molar-refractivity contribution < 1.29 is 9.84 Å². The summed E-state index contributed by atoms with van der Waals surface area (Å²) in [7, 11) is 1.65. The van der Waals surface area contributed by atoms with Crippen molar-refractivity contribution in [3.63, 3.8) is 0 Å². The van der Waals surface area contributed by atoms with Gasteiger partial charge in [-0.25, -0.2) is 0 Å². The lowest BCUT2D eigenvalue weighted by atomic mass is 9.99. The maximum absolute atomic E-state index is 9.39. The van der Waals surface area contributed by atoms with Crippen LogP contribution >= 0.6 is 11.6 Å². The maximum atomic E-state index is 9.39. The zero-order chi connectivity index (χ0) is 12.0. The lowest BCUT2D eigenvalue weighted by Gasteiger charge is -2.29. The first-order valence-electron chi connectivity index (χ1n) is 5.23. The molecule has 3 nitrogen and oxygen atoms in total. The molecule has 1 aromatic rings. The average molecular weight is 244 g/mol. The summed E-state index contributed by atoms with van der Waals surface area (Å²) < 4.78 is 5.02. The highest BCUT2D eigenvalue weighted by Crippen LogP contribution is 2.21. The van der Waals surface area contributed by atoms with Gasteiger partial charge in [0.1, 0.15) is 0 Å². The molecule has 1 aromatic carbocycles. The molecular weight excluding hydrogens is 226 g/mol. The third-order valence-corrected chi connectivity index (χ3v) is 2.71. The SMILES string of the molecule is COCCC(C)(CO)Nc1cccc(Cl)c1. The predicted molar refractivity (Wildman–Crippen MR) is 67.1 cm³/mol. The Kier molecular flexibility index (Phi) is 5.06. The number of ether oxygens (including phenoxy) is 1. The van der Waals surface area contributed by atoms with E-state index < -0.39 is 0 Å². The molecule has 0 saturated heterocycles. The summed E-state index contributed by atoms with van der Waals surface area (Å²) in [5.74, 6) is 0. The van der Waals surface area contributed by atoms with Gasteiger partial charge in [-0.1, -0.05) is 17.7 Å². The van der Waals surface area contributed by atoms with Crippen LogP contribution in [0.2, 0.25) is 5.02 Å². The van der Waals surface area contributed by atoms with Crippen molar-refractivity contribution in [2.24, 2.45) is 0 Å². The Morgan fingerprint density at radius 3 is 2.81 bits per heavy atom. The number of methoxy groups -OCH3 is 1. The monoisotopic (exact) mass is 243 g/mol. The third-order valence-electron chi connectivity index (χ3n) is 2.48. The van der Waals surface area contributed by atoms with Gasteiger partial charge in [0.2, 0.25) is 0 Å². The summed E-state index contributed by atoms with van der Waals surface area (Å²) in [6.07, 6.45) is 0.729. The molecule has 0 aliphatic carbocycles. The van der Waals surface area contributed by atoms with Crippen LogP contribution in [-0.4, -0.2) is 31.0 Å². The van der Waals surface area contributed by atoms with Gasteiger partial charge >= 0.3 is 0 Å². The largest absolute Gasteiger partial charge is 0.394 e. The highest BCUT2D eigenvalue weighted by atomic mass is 35.5. The van der Waals surface area contributed by atoms with Gasteiger partial charge in [0.05, 0.1) is 12.1 Å². The highest BCUT2D eigenvalue weighted by Gasteiger charge is 2.22. The summed E-state index contributed by atoms with van der Waals surface area (Å²) in [5, 5.41) is 13.3. The van der Waals surface area contributed by atoms with E-state index in [2.05, 4.69) is 5.32 Å². The highest BCUT2D eigenvalue weighted by molar-refractivity contribution is 6.30. The first-order valence-corrected chi connectivity index (χ1v) is 5.61. The molecule has 16 heavy (non-hydrogen) atoms. The molecule has 0 aliphatic rings. The van der Waals surface area contributed by atoms with Gasteiger partial charge < -0.3 is 15.2 Å². The van der Waals surface area contributed by atoms with E-state index in [9.17, 15) is 5.11 Å². The van der Waals surface area contributed by atoms with Crippen LogP contribution in [0.15, 0.2) is 24.3 Å². The Morgan fingerprint density at radius 1 is 1.50 bits per heavy atom. The molecule has 1 atom stereocenters. The molecule has 2 N–H and O–H groups in total. The normalized spacial score (nSPS) is 14.5. The van der Waals surface area contributed by atoms with E-state index in [1.165, 1.54) is 0 Å². The second-order valence-electron chi connectivity index (χ2n) is 4.10. The van der Waals surface area contributed by atoms with Gasteiger partial charge in [0.15, 0.2) is 0 Å². The van der Waals surface area contributed by atoms with Crippen molar-refractivity contribution in [1.82, 2.24) is 0 Å². The summed E-state index contributed by atoms with van der Waals surface area (Å²) in [5.41, 5.74) is 0.515. The Labute approximate surface area is 101 Å². The fourth-order valence-electron chi connectivity index (χ4n) is 1.42. The molecule has 0 aliphatic heterocycles. The molecule has 4 heteroatoms. The molecule has 0 radical (unpaired) electrons. The van der Waals surface area contributed by atoms with Crippen molar-refractivity contribution >= 4 is 17.3 Å². The maximum Gasteiger partial charge on any atom is 0.0659 e. The number of rotatable bonds is 6. The molecule has 0 saturated carbocycles. The molecule has 0 amide bonds. The zero-order valence-corrected chi connectivity index (χ0v) is 10.4. The topological polar surface area (TPSA) is 41.5 Å². The van der Waals surface area contributed by atoms with E-state index >= 15 is 0 Å². The second-order valence-corrected chi connectivity index (χ2v) is 4.53. The number of nitrogens with one attached hydrogen (secondary N) is 1. The van der Waals surface area contributed by atoms with E-state index in [0.717, 1.165) is 12.1 Å². The lowest BCUT2D eigenvalue weighted by molar-refractivity contribution is 0.146. The number of hydrogen-bond acceptors (Lipinski definition) is 3. The predicted octanol–water partition coefficient (Wildman–Crippen LogP) is 2.54. The molecule has 90 valence electrons. The second kappa shape index (κ2) is 6.09. The Hall–Kier alpha value is -0.770. The van der Waals surface area contributed by atoms with Crippen LogP contribution in [0.4, 0.5) is 5.69 Å². The minimum atomic E-state index is -0.388. The summed E-state index contributed by atoms with van der Waals surface area (Å²) >= 11 is 5.89. The van der Waals surface area contributed by atoms with Crippen LogP contribution in [0.5, 0.6) is 0 Å². The summed E-state index contributed by atoms with van der Waals surface area (Å²) in [6.45, 7) is 2.60. The quantitative estimate of drug-likeness (QED) is 0.807. The van der Waals surface area contributed by atoms with Crippen molar-refractivity contribution in [1.29, 1.82) is 0 Å². The number of aliphatic hydroxyl groups excluding tert-OH is 1. The Morgan fingerprint density at radius 2 is 2.25 bits per heavy atom. The summed E-state index contributed by atoms with van der Waals surface area (Å²) in [6, 6.07) is 7.45. The van der Waals surface area contributed by atoms with E-state index in [1.807, 2.05) is 31.2 Å². The lowest BCUT2D eigenvalue weighted by Crippen LogP contribution is -2.39. The van der Waals surface area contributed by atoms with Crippen molar-refractivity contribution in [3.05, 3.63) is 29.3 Å². The zero-order valence-electron chi connectivity index (χ0n) is 9.66. The molecule has 0 spiro atoms. The van der Waals surface area contributed by atoms with E-state index in [1.54, 1.807) is 7.11 Å². The van der Waals surface area contributed by atoms with E-state index in [0.29, 0.717) is 11.6 Å². The van der Waals surface area contributed by atoms with Crippen molar-refractivity contribution in [3.8, 4) is 0 Å². The fraction of sp³-hybridized carbons (Fsp3) is 0.500. The third kappa shape index (κ3) is 4.00. The van der Waals surface area contributed by atoms with Gasteiger partial charge in [0.25, 0.3) is 0 Å². The van der Waals surface area contributed by atoms with Crippen molar-refractivity contribution in [2.45, 2.75) is 18.9 Å². The standard InChI is InChI=1S/C12H18ClNO2/c1-12(9-15,6-7-16-2)14-11-5-3-4-10(13)8-11/h3-5,8,14-15H,6-7,9H2,1-2H3. The number of benzene rings is 1. The van der Waals surface area contributed by atoms with Crippen molar-refractivity contribution in [2.75, 3.05) is 25.6 Å². The van der Waals surface area contributed by atoms with E-state index in [-0.39, 0.29) is 12.1 Å². The molecule has 1 unspecified atom stereocenters. The van der Waals surface area contributed by atoms with Gasteiger partial charge in [0, 0.05) is 24.4 Å². The molecule has 0 heterocycles. The fourth-order valence-corrected chi connectivity index (χ4v) is 1.61. The summed E-state index contributed by atoms with van der Waals surface area (Å²) in [4.78, 5) is 0. The average Bonchev–Trinajstić information content (AvgIpc) is 2.26. The molecule has 0 aromatic heterocycles. The molecule has 0 bridgehead atoms. The van der Waals surface area contributed by atoms with Gasteiger partial charge in [-0.3, -0.25) is 0 Å². The Balaban J connectivity index is 2.68. The first kappa shape index (κ1) is 13.3. The van der Waals surface area contributed by atoms with E-state index in [4.69, 9.17) is 16.3 Å². The minimum Gasteiger partial charge on any atom is -0.394 e. The minimum absolute atomic E-state index is 0.0445. The van der Waals surface area contributed by atoms with Crippen LogP contribution in [0.1, 0.15) is 13.3 Å². The number of halogens is 1. The first-order chi connectivity index (χ1) is 7.59. The number of hydrogen-bond donors (Lipinski definition) is 2. The van der Waals surface area contributed by atoms with Crippen LogP contribution in [0.3, 0.4) is 0 Å². The number of anilines is 1. The smallest absolute Gasteiger partial charge is 0.0659 e. The van der Waals surface area contributed by atoms with Gasteiger partial charge in [-0.15, -0.1) is 0 Å².